The molecule has 0 spiro atoms. The van der Waals surface area contributed by atoms with Crippen LogP contribution < -0.4 is 0 Å². The molecule has 0 fully saturated rings. The van der Waals surface area contributed by atoms with E-state index >= 15 is 0 Å². The normalized spacial score (nSPS) is 11.1. The maximum Gasteiger partial charge on any atom is 0.280 e. The van der Waals surface area contributed by atoms with Gasteiger partial charge in [-0.2, -0.15) is 4.98 Å². The Balaban J connectivity index is 2.13. The first kappa shape index (κ1) is 12.6. The molecule has 2 rings (SSSR count). The van der Waals surface area contributed by atoms with Crippen LogP contribution in [0.25, 0.3) is 11.4 Å². The Labute approximate surface area is 102 Å². The van der Waals surface area contributed by atoms with Crippen LogP contribution in [0.4, 0.5) is 8.78 Å². The molecule has 0 aliphatic rings. The van der Waals surface area contributed by atoms with Gasteiger partial charge in [0.2, 0.25) is 11.7 Å². The predicted octanol–water partition coefficient (Wildman–Crippen LogP) is 2.26. The fraction of sp³-hybridized carbons (Fsp3) is 0.364. The van der Waals surface area contributed by atoms with E-state index in [4.69, 9.17) is 9.26 Å². The predicted molar refractivity (Wildman–Crippen MR) is 58.1 cm³/mol. The summed E-state index contributed by atoms with van der Waals surface area (Å²) in [4.78, 5) is 7.74. The lowest BCUT2D eigenvalue weighted by molar-refractivity contribution is 0.146. The van der Waals surface area contributed by atoms with E-state index in [0.717, 1.165) is 0 Å². The number of hydrogen-bond acceptors (Lipinski definition) is 5. The van der Waals surface area contributed by atoms with Crippen molar-refractivity contribution in [3.8, 4) is 11.4 Å². The van der Waals surface area contributed by atoms with Crippen LogP contribution >= 0.6 is 0 Å². The molecular formula is C11H11F2N3O2. The van der Waals surface area contributed by atoms with Gasteiger partial charge in [-0.25, -0.2) is 8.78 Å². The van der Waals surface area contributed by atoms with E-state index in [0.29, 0.717) is 30.3 Å². The number of hydrogen-bond donors (Lipinski definition) is 0. The average Bonchev–Trinajstić information content (AvgIpc) is 2.85. The van der Waals surface area contributed by atoms with Crippen molar-refractivity contribution in [1.29, 1.82) is 0 Å². The summed E-state index contributed by atoms with van der Waals surface area (Å²) >= 11 is 0. The molecule has 0 unspecified atom stereocenters. The van der Waals surface area contributed by atoms with Gasteiger partial charge in [0.15, 0.2) is 0 Å². The minimum atomic E-state index is -2.58. The third-order valence-electron chi connectivity index (χ3n) is 2.26. The SMILES string of the molecule is COCCc1nc(-c2ccc(C(F)F)nc2)no1. The number of methoxy groups -OCH3 is 1. The highest BCUT2D eigenvalue weighted by molar-refractivity contribution is 5.52. The molecular weight excluding hydrogens is 244 g/mol. The number of alkyl halides is 2. The molecule has 0 aliphatic heterocycles. The van der Waals surface area contributed by atoms with Crippen LogP contribution in [0.5, 0.6) is 0 Å². The molecule has 0 atom stereocenters. The molecule has 2 aromatic heterocycles. The summed E-state index contributed by atoms with van der Waals surface area (Å²) in [6.45, 7) is 0.476. The Hall–Kier alpha value is -1.89. The second-order valence-electron chi connectivity index (χ2n) is 3.53. The molecule has 0 amide bonds. The van der Waals surface area contributed by atoms with Crippen LogP contribution in [0.3, 0.4) is 0 Å². The quantitative estimate of drug-likeness (QED) is 0.820. The molecule has 5 nitrogen and oxygen atoms in total. The molecule has 2 heterocycles. The number of aromatic nitrogens is 3. The smallest absolute Gasteiger partial charge is 0.280 e. The standard InChI is InChI=1S/C11H11F2N3O2/c1-17-5-4-9-15-11(16-18-9)7-2-3-8(10(12)13)14-6-7/h2-3,6,10H,4-5H2,1H3. The molecule has 0 aromatic carbocycles. The molecule has 96 valence electrons. The maximum atomic E-state index is 12.3. The number of pyridine rings is 1. The first-order valence-electron chi connectivity index (χ1n) is 5.26. The van der Waals surface area contributed by atoms with Crippen molar-refractivity contribution in [2.24, 2.45) is 0 Å². The van der Waals surface area contributed by atoms with Crippen molar-refractivity contribution >= 4 is 0 Å². The number of nitrogens with zero attached hydrogens (tertiary/aromatic N) is 3. The lowest BCUT2D eigenvalue weighted by Gasteiger charge is -1.98. The highest BCUT2D eigenvalue weighted by Crippen LogP contribution is 2.20. The third kappa shape index (κ3) is 2.86. The molecule has 0 radical (unpaired) electrons. The fourth-order valence-electron chi connectivity index (χ4n) is 1.33. The minimum absolute atomic E-state index is 0.276. The van der Waals surface area contributed by atoms with Gasteiger partial charge < -0.3 is 9.26 Å². The Kier molecular flexibility index (Phi) is 3.93. The number of ether oxygens (including phenoxy) is 1. The highest BCUT2D eigenvalue weighted by Gasteiger charge is 2.11. The Morgan fingerprint density at radius 1 is 1.39 bits per heavy atom. The van der Waals surface area contributed by atoms with E-state index < -0.39 is 6.43 Å². The molecule has 0 N–H and O–H groups in total. The van der Waals surface area contributed by atoms with E-state index in [-0.39, 0.29) is 5.69 Å². The third-order valence-corrected chi connectivity index (χ3v) is 2.26. The van der Waals surface area contributed by atoms with Crippen LogP contribution in [0, 0.1) is 0 Å². The second-order valence-corrected chi connectivity index (χ2v) is 3.53. The summed E-state index contributed by atoms with van der Waals surface area (Å²) in [7, 11) is 1.57. The maximum absolute atomic E-state index is 12.3. The molecule has 0 bridgehead atoms. The first-order valence-corrected chi connectivity index (χ1v) is 5.26. The van der Waals surface area contributed by atoms with Crippen molar-refractivity contribution in [1.82, 2.24) is 15.1 Å². The molecule has 2 aromatic rings. The number of halogens is 2. The van der Waals surface area contributed by atoms with Gasteiger partial charge >= 0.3 is 0 Å². The zero-order valence-electron chi connectivity index (χ0n) is 9.64. The van der Waals surface area contributed by atoms with Gasteiger partial charge in [0.1, 0.15) is 5.69 Å². The van der Waals surface area contributed by atoms with Crippen molar-refractivity contribution in [2.45, 2.75) is 12.8 Å². The van der Waals surface area contributed by atoms with Gasteiger partial charge in [-0.3, -0.25) is 4.98 Å². The minimum Gasteiger partial charge on any atom is -0.384 e. The summed E-state index contributed by atoms with van der Waals surface area (Å²) < 4.78 is 34.5. The summed E-state index contributed by atoms with van der Waals surface area (Å²) in [5.74, 6) is 0.763. The molecule has 0 aliphatic carbocycles. The van der Waals surface area contributed by atoms with Crippen molar-refractivity contribution in [3.05, 3.63) is 29.9 Å². The van der Waals surface area contributed by atoms with Gasteiger partial charge in [-0.1, -0.05) is 5.16 Å². The van der Waals surface area contributed by atoms with Crippen LogP contribution in [0.2, 0.25) is 0 Å². The summed E-state index contributed by atoms with van der Waals surface area (Å²) in [6.07, 6.45) is -0.778. The molecule has 0 saturated carbocycles. The molecule has 7 heteroatoms. The fourth-order valence-corrected chi connectivity index (χ4v) is 1.33. The monoisotopic (exact) mass is 255 g/mol. The van der Waals surface area contributed by atoms with E-state index in [1.54, 1.807) is 7.11 Å². The van der Waals surface area contributed by atoms with E-state index in [1.165, 1.54) is 18.3 Å². The zero-order chi connectivity index (χ0) is 13.0. The van der Waals surface area contributed by atoms with Gasteiger partial charge in [0.25, 0.3) is 6.43 Å². The van der Waals surface area contributed by atoms with Gasteiger partial charge in [0.05, 0.1) is 13.0 Å². The van der Waals surface area contributed by atoms with Crippen molar-refractivity contribution in [2.75, 3.05) is 13.7 Å². The van der Waals surface area contributed by atoms with Crippen LogP contribution in [0.1, 0.15) is 18.0 Å². The Bertz CT molecular complexity index is 499. The summed E-state index contributed by atoms with van der Waals surface area (Å²) in [6, 6.07) is 2.73. The summed E-state index contributed by atoms with van der Waals surface area (Å²) in [5, 5.41) is 3.74. The van der Waals surface area contributed by atoms with E-state index in [9.17, 15) is 8.78 Å². The first-order chi connectivity index (χ1) is 8.70. The van der Waals surface area contributed by atoms with Crippen LogP contribution in [-0.2, 0) is 11.2 Å². The zero-order valence-corrected chi connectivity index (χ0v) is 9.64. The van der Waals surface area contributed by atoms with Crippen LogP contribution in [-0.4, -0.2) is 28.8 Å². The van der Waals surface area contributed by atoms with E-state index in [1.807, 2.05) is 0 Å². The average molecular weight is 255 g/mol. The Morgan fingerprint density at radius 3 is 2.83 bits per heavy atom. The van der Waals surface area contributed by atoms with Gasteiger partial charge in [-0.05, 0) is 12.1 Å². The lowest BCUT2D eigenvalue weighted by atomic mass is 10.2. The largest absolute Gasteiger partial charge is 0.384 e. The van der Waals surface area contributed by atoms with Gasteiger partial charge in [0, 0.05) is 18.9 Å². The van der Waals surface area contributed by atoms with E-state index in [2.05, 4.69) is 15.1 Å². The summed E-state index contributed by atoms with van der Waals surface area (Å²) in [5.41, 5.74) is 0.258. The molecule has 0 saturated heterocycles. The second kappa shape index (κ2) is 5.63. The number of rotatable bonds is 5. The van der Waals surface area contributed by atoms with Crippen molar-refractivity contribution in [3.63, 3.8) is 0 Å². The lowest BCUT2D eigenvalue weighted by Crippen LogP contribution is -1.94. The van der Waals surface area contributed by atoms with Crippen LogP contribution in [0.15, 0.2) is 22.9 Å². The Morgan fingerprint density at radius 2 is 2.22 bits per heavy atom. The molecule has 18 heavy (non-hydrogen) atoms. The topological polar surface area (TPSA) is 61.0 Å². The van der Waals surface area contributed by atoms with Gasteiger partial charge in [-0.15, -0.1) is 0 Å². The van der Waals surface area contributed by atoms with Crippen molar-refractivity contribution < 1.29 is 18.0 Å². The highest BCUT2D eigenvalue weighted by atomic mass is 19.3.